The third-order valence-electron chi connectivity index (χ3n) is 2.31. The molecule has 0 unspecified atom stereocenters. The van der Waals surface area contributed by atoms with Crippen LogP contribution in [0.25, 0.3) is 0 Å². The Kier molecular flexibility index (Phi) is 4.15. The van der Waals surface area contributed by atoms with Gasteiger partial charge in [0.2, 0.25) is 10.0 Å². The van der Waals surface area contributed by atoms with Crippen molar-refractivity contribution in [3.05, 3.63) is 0 Å². The molecule has 0 aromatic carbocycles. The van der Waals surface area contributed by atoms with Gasteiger partial charge in [-0.15, -0.1) is 0 Å². The molecule has 1 aliphatic rings. The normalized spacial score (nSPS) is 20.4. The lowest BCUT2D eigenvalue weighted by molar-refractivity contribution is 0.104. The van der Waals surface area contributed by atoms with E-state index in [1.165, 1.54) is 0 Å². The highest BCUT2D eigenvalue weighted by Gasteiger charge is 2.26. The molecule has 0 spiro atoms. The molecule has 0 atom stereocenters. The Balaban J connectivity index is 2.47. The van der Waals surface area contributed by atoms with Gasteiger partial charge < -0.3 is 0 Å². The van der Waals surface area contributed by atoms with E-state index in [1.807, 2.05) is 0 Å². The molecule has 0 aromatic rings. The molecule has 0 heterocycles. The quantitative estimate of drug-likeness (QED) is 0.704. The van der Waals surface area contributed by atoms with Gasteiger partial charge in [0.05, 0.1) is 11.9 Å². The van der Waals surface area contributed by atoms with Crippen molar-refractivity contribution in [1.29, 1.82) is 0 Å². The van der Waals surface area contributed by atoms with E-state index in [9.17, 15) is 8.42 Å². The second-order valence-corrected chi connectivity index (χ2v) is 5.24. The van der Waals surface area contributed by atoms with Crippen LogP contribution in [0.4, 0.5) is 0 Å². The van der Waals surface area contributed by atoms with Crippen molar-refractivity contribution in [3.8, 4) is 0 Å². The van der Waals surface area contributed by atoms with Crippen LogP contribution in [0, 0.1) is 0 Å². The summed E-state index contributed by atoms with van der Waals surface area (Å²) >= 11 is 0. The summed E-state index contributed by atoms with van der Waals surface area (Å²) in [6, 6.07) is 0. The maximum Gasteiger partial charge on any atom is 0.236 e. The Labute approximate surface area is 79.7 Å². The average Bonchev–Trinajstić information content (AvgIpc) is 2.16. The van der Waals surface area contributed by atoms with E-state index in [4.69, 9.17) is 4.84 Å². The van der Waals surface area contributed by atoms with Crippen molar-refractivity contribution in [2.75, 3.05) is 6.61 Å². The molecule has 0 bridgehead atoms. The third-order valence-corrected chi connectivity index (χ3v) is 4.01. The van der Waals surface area contributed by atoms with E-state index in [2.05, 4.69) is 4.89 Å². The summed E-state index contributed by atoms with van der Waals surface area (Å²) in [6.07, 6.45) is 4.71. The van der Waals surface area contributed by atoms with Crippen molar-refractivity contribution in [1.82, 2.24) is 4.89 Å². The van der Waals surface area contributed by atoms with Crippen LogP contribution in [0.5, 0.6) is 0 Å². The van der Waals surface area contributed by atoms with Crippen molar-refractivity contribution in [3.63, 3.8) is 0 Å². The predicted molar refractivity (Wildman–Crippen MR) is 50.6 cm³/mol. The lowest BCUT2D eigenvalue weighted by atomic mass is 10.0. The van der Waals surface area contributed by atoms with E-state index < -0.39 is 10.0 Å². The monoisotopic (exact) mass is 207 g/mol. The number of sulfonamides is 1. The first-order chi connectivity index (χ1) is 6.17. The molecule has 0 radical (unpaired) electrons. The summed E-state index contributed by atoms with van der Waals surface area (Å²) < 4.78 is 23.0. The van der Waals surface area contributed by atoms with Crippen LogP contribution in [-0.2, 0) is 14.9 Å². The molecule has 1 saturated carbocycles. The molecule has 13 heavy (non-hydrogen) atoms. The highest BCUT2D eigenvalue weighted by molar-refractivity contribution is 7.89. The van der Waals surface area contributed by atoms with Gasteiger partial charge >= 0.3 is 0 Å². The van der Waals surface area contributed by atoms with Crippen LogP contribution < -0.4 is 4.89 Å². The van der Waals surface area contributed by atoms with Gasteiger partial charge in [0.1, 0.15) is 0 Å². The van der Waals surface area contributed by atoms with Crippen LogP contribution in [0.15, 0.2) is 0 Å². The van der Waals surface area contributed by atoms with Gasteiger partial charge in [-0.2, -0.15) is 0 Å². The smallest absolute Gasteiger partial charge is 0.236 e. The van der Waals surface area contributed by atoms with Gasteiger partial charge in [-0.05, 0) is 19.8 Å². The summed E-state index contributed by atoms with van der Waals surface area (Å²) in [5.74, 6) is 0. The largest absolute Gasteiger partial charge is 0.287 e. The van der Waals surface area contributed by atoms with Crippen molar-refractivity contribution < 1.29 is 13.3 Å². The van der Waals surface area contributed by atoms with E-state index in [-0.39, 0.29) is 5.25 Å². The van der Waals surface area contributed by atoms with Crippen LogP contribution in [0.2, 0.25) is 0 Å². The van der Waals surface area contributed by atoms with E-state index >= 15 is 0 Å². The van der Waals surface area contributed by atoms with Crippen molar-refractivity contribution in [2.24, 2.45) is 0 Å². The Morgan fingerprint density at radius 1 is 1.31 bits per heavy atom. The molecule has 0 aliphatic heterocycles. The molecule has 1 N–H and O–H groups in total. The molecule has 1 rings (SSSR count). The highest BCUT2D eigenvalue weighted by Crippen LogP contribution is 2.22. The van der Waals surface area contributed by atoms with Crippen LogP contribution >= 0.6 is 0 Å². The second kappa shape index (κ2) is 4.93. The van der Waals surface area contributed by atoms with Gasteiger partial charge in [-0.1, -0.05) is 24.1 Å². The lowest BCUT2D eigenvalue weighted by Gasteiger charge is -2.21. The van der Waals surface area contributed by atoms with Crippen LogP contribution in [0.1, 0.15) is 39.0 Å². The molecule has 1 fully saturated rings. The minimum atomic E-state index is -3.22. The number of nitrogens with one attached hydrogen (secondary N) is 1. The zero-order chi connectivity index (χ0) is 9.73. The fourth-order valence-electron chi connectivity index (χ4n) is 1.58. The standard InChI is InChI=1S/C8H17NO3S/c1-2-12-9-13(10,11)8-6-4-3-5-7-8/h8-9H,2-7H2,1H3. The fourth-order valence-corrected chi connectivity index (χ4v) is 2.96. The molecule has 1 aliphatic carbocycles. The lowest BCUT2D eigenvalue weighted by Crippen LogP contribution is -2.35. The Morgan fingerprint density at radius 3 is 2.46 bits per heavy atom. The van der Waals surface area contributed by atoms with E-state index in [1.54, 1.807) is 6.92 Å². The minimum Gasteiger partial charge on any atom is -0.287 e. The maximum atomic E-state index is 11.5. The van der Waals surface area contributed by atoms with E-state index in [0.717, 1.165) is 32.1 Å². The molecule has 0 saturated heterocycles. The van der Waals surface area contributed by atoms with Gasteiger partial charge in [-0.25, -0.2) is 8.42 Å². The first-order valence-corrected chi connectivity index (χ1v) is 6.34. The fraction of sp³-hybridized carbons (Fsp3) is 1.00. The Morgan fingerprint density at radius 2 is 1.92 bits per heavy atom. The van der Waals surface area contributed by atoms with Gasteiger partial charge in [0.15, 0.2) is 0 Å². The molecule has 5 heteroatoms. The first-order valence-electron chi connectivity index (χ1n) is 4.79. The third kappa shape index (κ3) is 3.25. The molecule has 0 amide bonds. The Bertz CT molecular complexity index is 232. The van der Waals surface area contributed by atoms with Gasteiger partial charge in [0, 0.05) is 0 Å². The van der Waals surface area contributed by atoms with Crippen molar-refractivity contribution >= 4 is 10.0 Å². The SMILES string of the molecule is CCONS(=O)(=O)C1CCCCC1. The van der Waals surface area contributed by atoms with Gasteiger partial charge in [0.25, 0.3) is 0 Å². The maximum absolute atomic E-state index is 11.5. The molecule has 78 valence electrons. The summed E-state index contributed by atoms with van der Waals surface area (Å²) in [5, 5.41) is -0.243. The molecule has 0 aromatic heterocycles. The minimum absolute atomic E-state index is 0.243. The predicted octanol–water partition coefficient (Wildman–Crippen LogP) is 1.19. The first kappa shape index (κ1) is 10.9. The number of hydrogen-bond acceptors (Lipinski definition) is 3. The average molecular weight is 207 g/mol. The Hall–Kier alpha value is -0.130. The van der Waals surface area contributed by atoms with Gasteiger partial charge in [-0.3, -0.25) is 4.84 Å². The number of rotatable bonds is 4. The summed E-state index contributed by atoms with van der Waals surface area (Å²) in [7, 11) is -3.22. The van der Waals surface area contributed by atoms with E-state index in [0.29, 0.717) is 6.61 Å². The molecular formula is C8H17NO3S. The molecular weight excluding hydrogens is 190 g/mol. The zero-order valence-electron chi connectivity index (χ0n) is 7.95. The number of hydrogen-bond donors (Lipinski definition) is 1. The highest BCUT2D eigenvalue weighted by atomic mass is 32.2. The second-order valence-electron chi connectivity index (χ2n) is 3.32. The topological polar surface area (TPSA) is 55.4 Å². The molecule has 4 nitrogen and oxygen atoms in total. The summed E-state index contributed by atoms with van der Waals surface area (Å²) in [4.78, 5) is 6.86. The van der Waals surface area contributed by atoms with Crippen molar-refractivity contribution in [2.45, 2.75) is 44.3 Å². The van der Waals surface area contributed by atoms with Crippen LogP contribution in [-0.4, -0.2) is 20.3 Å². The summed E-state index contributed by atoms with van der Waals surface area (Å²) in [6.45, 7) is 2.12. The van der Waals surface area contributed by atoms with Crippen LogP contribution in [0.3, 0.4) is 0 Å². The summed E-state index contributed by atoms with van der Waals surface area (Å²) in [5.41, 5.74) is 0. The zero-order valence-corrected chi connectivity index (χ0v) is 8.77.